The molecule has 0 amide bonds. The lowest BCUT2D eigenvalue weighted by Crippen LogP contribution is -2.16. The van der Waals surface area contributed by atoms with Crippen LogP contribution in [-0.4, -0.2) is 26.7 Å². The van der Waals surface area contributed by atoms with Crippen molar-refractivity contribution in [3.63, 3.8) is 0 Å². The van der Waals surface area contributed by atoms with E-state index in [2.05, 4.69) is 15.1 Å². The van der Waals surface area contributed by atoms with Crippen molar-refractivity contribution in [3.05, 3.63) is 46.2 Å². The van der Waals surface area contributed by atoms with Crippen molar-refractivity contribution in [1.82, 2.24) is 19.6 Å². The van der Waals surface area contributed by atoms with Crippen LogP contribution in [0.5, 0.6) is 5.75 Å². The van der Waals surface area contributed by atoms with Crippen LogP contribution in [0, 0.1) is 0 Å². The Labute approximate surface area is 122 Å². The number of ether oxygens (including phenoxy) is 1. The van der Waals surface area contributed by atoms with Crippen LogP contribution in [-0.2, 0) is 0 Å². The van der Waals surface area contributed by atoms with Crippen LogP contribution in [0.4, 0.5) is 0 Å². The molecule has 0 saturated heterocycles. The number of fused-ring (bicyclic) bond motifs is 3. The molecule has 4 rings (SSSR count). The normalized spacial score (nSPS) is 11.3. The van der Waals surface area contributed by atoms with E-state index < -0.39 is 0 Å². The van der Waals surface area contributed by atoms with E-state index in [-0.39, 0.29) is 5.69 Å². The van der Waals surface area contributed by atoms with Gasteiger partial charge in [-0.05, 0) is 35.7 Å². The highest BCUT2D eigenvalue weighted by Gasteiger charge is 2.12. The van der Waals surface area contributed by atoms with Gasteiger partial charge in [0.25, 0.3) is 0 Å². The van der Waals surface area contributed by atoms with Crippen LogP contribution in [0.15, 0.2) is 40.5 Å². The molecule has 3 heterocycles. The third-order valence-electron chi connectivity index (χ3n) is 3.27. The van der Waals surface area contributed by atoms with Gasteiger partial charge in [0.2, 0.25) is 0 Å². The molecule has 6 nitrogen and oxygen atoms in total. The molecule has 0 bridgehead atoms. The summed E-state index contributed by atoms with van der Waals surface area (Å²) in [6.07, 6.45) is 0. The van der Waals surface area contributed by atoms with Gasteiger partial charge < -0.3 is 4.74 Å². The lowest BCUT2D eigenvalue weighted by Gasteiger charge is -1.99. The minimum absolute atomic E-state index is 0.285. The first-order valence-corrected chi connectivity index (χ1v) is 7.15. The summed E-state index contributed by atoms with van der Waals surface area (Å²) >= 11 is 1.47. The molecule has 0 aliphatic carbocycles. The molecule has 0 spiro atoms. The van der Waals surface area contributed by atoms with E-state index in [0.29, 0.717) is 11.5 Å². The Bertz CT molecular complexity index is 997. The molecule has 1 aromatic carbocycles. The number of rotatable bonds is 2. The van der Waals surface area contributed by atoms with Gasteiger partial charge >= 0.3 is 5.69 Å². The quantitative estimate of drug-likeness (QED) is 0.616. The van der Waals surface area contributed by atoms with Gasteiger partial charge in [0.1, 0.15) is 10.6 Å². The molecule has 0 atom stereocenters. The molecule has 0 aliphatic rings. The van der Waals surface area contributed by atoms with Crippen LogP contribution < -0.4 is 10.4 Å². The second kappa shape index (κ2) is 4.42. The second-order valence-corrected chi connectivity index (χ2v) is 5.41. The van der Waals surface area contributed by atoms with Gasteiger partial charge in [-0.2, -0.15) is 4.52 Å². The fourth-order valence-electron chi connectivity index (χ4n) is 2.22. The number of thiophene rings is 1. The van der Waals surface area contributed by atoms with Crippen LogP contribution in [0.25, 0.3) is 27.3 Å². The molecule has 0 radical (unpaired) electrons. The van der Waals surface area contributed by atoms with Crippen molar-refractivity contribution < 1.29 is 4.74 Å². The van der Waals surface area contributed by atoms with Crippen molar-refractivity contribution in [2.75, 3.05) is 7.11 Å². The number of nitrogens with zero attached hydrogens (tertiary/aromatic N) is 3. The van der Waals surface area contributed by atoms with Crippen molar-refractivity contribution in [2.45, 2.75) is 0 Å². The SMILES string of the molecule is COc1ccc(-c2nc3c4ccsc4[nH]c(=O)n3n2)cc1. The van der Waals surface area contributed by atoms with Crippen molar-refractivity contribution in [2.24, 2.45) is 0 Å². The number of aromatic nitrogens is 4. The van der Waals surface area contributed by atoms with Gasteiger partial charge in [-0.25, -0.2) is 9.78 Å². The monoisotopic (exact) mass is 298 g/mol. The maximum absolute atomic E-state index is 12.0. The molecule has 4 aromatic rings. The minimum Gasteiger partial charge on any atom is -0.497 e. The number of hydrogen-bond donors (Lipinski definition) is 1. The van der Waals surface area contributed by atoms with Crippen LogP contribution in [0.2, 0.25) is 0 Å². The molecule has 104 valence electrons. The number of nitrogens with one attached hydrogen (secondary N) is 1. The third kappa shape index (κ3) is 1.82. The number of hydrogen-bond acceptors (Lipinski definition) is 5. The first-order valence-electron chi connectivity index (χ1n) is 6.27. The molecule has 0 unspecified atom stereocenters. The number of aromatic amines is 1. The van der Waals surface area contributed by atoms with Crippen molar-refractivity contribution >= 4 is 27.2 Å². The Morgan fingerprint density at radius 1 is 1.24 bits per heavy atom. The van der Waals surface area contributed by atoms with E-state index >= 15 is 0 Å². The summed E-state index contributed by atoms with van der Waals surface area (Å²) < 4.78 is 6.43. The summed E-state index contributed by atoms with van der Waals surface area (Å²) in [6.45, 7) is 0. The zero-order chi connectivity index (χ0) is 14.4. The van der Waals surface area contributed by atoms with Crippen LogP contribution in [0.1, 0.15) is 0 Å². The maximum Gasteiger partial charge on any atom is 0.349 e. The average Bonchev–Trinajstić information content (AvgIpc) is 3.13. The highest BCUT2D eigenvalue weighted by Crippen LogP contribution is 2.24. The van der Waals surface area contributed by atoms with Crippen LogP contribution >= 0.6 is 11.3 Å². The van der Waals surface area contributed by atoms with Gasteiger partial charge in [-0.1, -0.05) is 0 Å². The van der Waals surface area contributed by atoms with Gasteiger partial charge in [-0.15, -0.1) is 16.4 Å². The lowest BCUT2D eigenvalue weighted by molar-refractivity contribution is 0.415. The molecule has 3 aromatic heterocycles. The maximum atomic E-state index is 12.0. The molecule has 0 fully saturated rings. The summed E-state index contributed by atoms with van der Waals surface area (Å²) in [5, 5.41) is 7.11. The van der Waals surface area contributed by atoms with Gasteiger partial charge in [0.05, 0.1) is 12.5 Å². The molecule has 0 saturated carbocycles. The van der Waals surface area contributed by atoms with Gasteiger partial charge in [0.15, 0.2) is 11.5 Å². The Balaban J connectivity index is 1.97. The Morgan fingerprint density at radius 3 is 2.81 bits per heavy atom. The number of H-pyrrole nitrogens is 1. The number of methoxy groups -OCH3 is 1. The molecular weight excluding hydrogens is 288 g/mol. The summed E-state index contributed by atoms with van der Waals surface area (Å²) in [7, 11) is 1.62. The molecular formula is C14H10N4O2S. The summed E-state index contributed by atoms with van der Waals surface area (Å²) in [5.41, 5.74) is 1.12. The highest BCUT2D eigenvalue weighted by atomic mass is 32.1. The predicted octanol–water partition coefficient (Wildman–Crippen LogP) is 2.31. The van der Waals surface area contributed by atoms with E-state index in [9.17, 15) is 4.79 Å². The van der Waals surface area contributed by atoms with E-state index in [4.69, 9.17) is 4.74 Å². The lowest BCUT2D eigenvalue weighted by atomic mass is 10.2. The van der Waals surface area contributed by atoms with Gasteiger partial charge in [0, 0.05) is 5.56 Å². The topological polar surface area (TPSA) is 72.3 Å². The zero-order valence-electron chi connectivity index (χ0n) is 11.0. The highest BCUT2D eigenvalue weighted by molar-refractivity contribution is 7.16. The minimum atomic E-state index is -0.285. The average molecular weight is 298 g/mol. The standard InChI is InChI=1S/C14H10N4O2S/c1-20-9-4-2-8(3-5-9)11-15-12-10-6-7-21-13(10)16-14(19)18(12)17-11/h2-7H,1H3,(H,16,19). The summed E-state index contributed by atoms with van der Waals surface area (Å²) in [4.78, 5) is 20.1. The van der Waals surface area contributed by atoms with Crippen molar-refractivity contribution in [3.8, 4) is 17.1 Å². The van der Waals surface area contributed by atoms with E-state index in [1.807, 2.05) is 35.7 Å². The Kier molecular flexibility index (Phi) is 2.55. The molecule has 1 N–H and O–H groups in total. The van der Waals surface area contributed by atoms with E-state index in [1.54, 1.807) is 7.11 Å². The first-order chi connectivity index (χ1) is 10.3. The largest absolute Gasteiger partial charge is 0.497 e. The zero-order valence-corrected chi connectivity index (χ0v) is 11.8. The predicted molar refractivity (Wildman–Crippen MR) is 81.0 cm³/mol. The second-order valence-electron chi connectivity index (χ2n) is 4.49. The molecule has 0 aliphatic heterocycles. The fraction of sp³-hybridized carbons (Fsp3) is 0.0714. The van der Waals surface area contributed by atoms with Crippen LogP contribution in [0.3, 0.4) is 0 Å². The fourth-order valence-corrected chi connectivity index (χ4v) is 3.00. The smallest absolute Gasteiger partial charge is 0.349 e. The number of benzene rings is 1. The summed E-state index contributed by atoms with van der Waals surface area (Å²) in [6, 6.07) is 9.34. The molecule has 21 heavy (non-hydrogen) atoms. The first kappa shape index (κ1) is 12.1. The molecule has 7 heteroatoms. The van der Waals surface area contributed by atoms with E-state index in [0.717, 1.165) is 21.5 Å². The van der Waals surface area contributed by atoms with Crippen molar-refractivity contribution in [1.29, 1.82) is 0 Å². The Hall–Kier alpha value is -2.67. The summed E-state index contributed by atoms with van der Waals surface area (Å²) in [5.74, 6) is 1.28. The third-order valence-corrected chi connectivity index (χ3v) is 4.10. The van der Waals surface area contributed by atoms with Gasteiger partial charge in [-0.3, -0.25) is 4.98 Å². The Morgan fingerprint density at radius 2 is 2.05 bits per heavy atom. The van der Waals surface area contributed by atoms with E-state index in [1.165, 1.54) is 15.9 Å².